The van der Waals surface area contributed by atoms with E-state index in [1.54, 1.807) is 0 Å². The van der Waals surface area contributed by atoms with E-state index in [1.807, 2.05) is 6.07 Å². The van der Waals surface area contributed by atoms with Gasteiger partial charge in [-0.1, -0.05) is 30.3 Å². The van der Waals surface area contributed by atoms with Crippen LogP contribution < -0.4 is 0 Å². The average Bonchev–Trinajstić information content (AvgIpc) is 3.18. The van der Waals surface area contributed by atoms with Gasteiger partial charge in [-0.2, -0.15) is 13.2 Å². The number of alkyl halides is 3. The van der Waals surface area contributed by atoms with E-state index in [1.165, 1.54) is 38.0 Å². The minimum Gasteiger partial charge on any atom is -0.475 e. The SMILES string of the molecule is O=C(O)C(F)(F)F.c1ccc(COC2COC3(CCN(CC4CCOCC4)CC3)C2)cc1. The van der Waals surface area contributed by atoms with Crippen molar-refractivity contribution in [3.8, 4) is 0 Å². The van der Waals surface area contributed by atoms with Crippen LogP contribution in [0.15, 0.2) is 30.3 Å². The number of piperidine rings is 1. The minimum atomic E-state index is -5.08. The zero-order valence-corrected chi connectivity index (χ0v) is 18.2. The molecule has 0 aliphatic carbocycles. The number of rotatable bonds is 5. The van der Waals surface area contributed by atoms with Crippen LogP contribution in [0.3, 0.4) is 0 Å². The van der Waals surface area contributed by atoms with Crippen LogP contribution in [0.4, 0.5) is 13.2 Å². The third kappa shape index (κ3) is 7.72. The van der Waals surface area contributed by atoms with E-state index in [9.17, 15) is 13.2 Å². The molecule has 3 saturated heterocycles. The van der Waals surface area contributed by atoms with E-state index < -0.39 is 12.1 Å². The Kier molecular flexibility index (Phi) is 8.93. The predicted octanol–water partition coefficient (Wildman–Crippen LogP) is 3.89. The van der Waals surface area contributed by atoms with Gasteiger partial charge in [0.2, 0.25) is 0 Å². The van der Waals surface area contributed by atoms with Crippen LogP contribution in [0.25, 0.3) is 0 Å². The summed E-state index contributed by atoms with van der Waals surface area (Å²) in [6.07, 6.45) is 0.997. The number of aliphatic carboxylic acids is 1. The first kappa shape index (κ1) is 25.0. The quantitative estimate of drug-likeness (QED) is 0.721. The molecule has 1 aromatic rings. The summed E-state index contributed by atoms with van der Waals surface area (Å²) in [6, 6.07) is 10.4. The molecule has 1 N–H and O–H groups in total. The Morgan fingerprint density at radius 1 is 1.16 bits per heavy atom. The van der Waals surface area contributed by atoms with E-state index in [-0.39, 0.29) is 11.7 Å². The molecule has 3 fully saturated rings. The summed E-state index contributed by atoms with van der Waals surface area (Å²) in [5, 5.41) is 7.12. The summed E-state index contributed by atoms with van der Waals surface area (Å²) in [5.74, 6) is -1.93. The summed E-state index contributed by atoms with van der Waals surface area (Å²) < 4.78 is 49.6. The fraction of sp³-hybridized carbons (Fsp3) is 0.696. The summed E-state index contributed by atoms with van der Waals surface area (Å²) in [5.41, 5.74) is 1.32. The number of likely N-dealkylation sites (tertiary alicyclic amines) is 1. The van der Waals surface area contributed by atoms with Crippen LogP contribution in [-0.4, -0.2) is 73.3 Å². The number of carboxylic acid groups (broad SMARTS) is 1. The molecule has 4 rings (SSSR count). The summed E-state index contributed by atoms with van der Waals surface area (Å²) in [7, 11) is 0. The minimum absolute atomic E-state index is 0.0769. The van der Waals surface area contributed by atoms with Crippen molar-refractivity contribution in [1.82, 2.24) is 4.90 Å². The topological polar surface area (TPSA) is 68.2 Å². The second-order valence-electron chi connectivity index (χ2n) is 8.78. The van der Waals surface area contributed by atoms with E-state index >= 15 is 0 Å². The first-order valence-corrected chi connectivity index (χ1v) is 11.2. The van der Waals surface area contributed by atoms with Gasteiger partial charge in [0.25, 0.3) is 0 Å². The fourth-order valence-corrected chi connectivity index (χ4v) is 4.48. The molecule has 0 amide bonds. The molecule has 0 radical (unpaired) electrons. The number of nitrogens with zero attached hydrogens (tertiary/aromatic N) is 1. The Morgan fingerprint density at radius 2 is 1.78 bits per heavy atom. The first-order chi connectivity index (χ1) is 15.3. The Balaban J connectivity index is 0.000000360. The van der Waals surface area contributed by atoms with Crippen molar-refractivity contribution < 1.29 is 37.3 Å². The van der Waals surface area contributed by atoms with E-state index in [0.29, 0.717) is 6.61 Å². The van der Waals surface area contributed by atoms with Gasteiger partial charge in [0.15, 0.2) is 0 Å². The number of halogens is 3. The zero-order valence-electron chi connectivity index (χ0n) is 18.2. The van der Waals surface area contributed by atoms with Crippen LogP contribution in [-0.2, 0) is 25.6 Å². The average molecular weight is 460 g/mol. The van der Waals surface area contributed by atoms with Gasteiger partial charge in [0.1, 0.15) is 0 Å². The van der Waals surface area contributed by atoms with Crippen molar-refractivity contribution in [3.05, 3.63) is 35.9 Å². The van der Waals surface area contributed by atoms with Crippen molar-refractivity contribution in [2.75, 3.05) is 39.5 Å². The highest BCUT2D eigenvalue weighted by Gasteiger charge is 2.43. The number of carboxylic acids is 1. The molecule has 0 saturated carbocycles. The predicted molar refractivity (Wildman–Crippen MR) is 111 cm³/mol. The third-order valence-corrected chi connectivity index (χ3v) is 6.37. The highest BCUT2D eigenvalue weighted by molar-refractivity contribution is 5.73. The number of carbonyl (C=O) groups is 1. The molecule has 3 aliphatic rings. The molecule has 1 unspecified atom stereocenters. The molecule has 0 aromatic heterocycles. The Labute approximate surface area is 186 Å². The highest BCUT2D eigenvalue weighted by Crippen LogP contribution is 2.37. The lowest BCUT2D eigenvalue weighted by molar-refractivity contribution is -0.192. The smallest absolute Gasteiger partial charge is 0.475 e. The largest absolute Gasteiger partial charge is 0.490 e. The van der Waals surface area contributed by atoms with Gasteiger partial charge in [-0.15, -0.1) is 0 Å². The van der Waals surface area contributed by atoms with E-state index in [4.69, 9.17) is 24.1 Å². The third-order valence-electron chi connectivity index (χ3n) is 6.37. The van der Waals surface area contributed by atoms with Crippen LogP contribution in [0.1, 0.15) is 37.7 Å². The standard InChI is InChI=1S/C21H31NO3.C2HF3O2/c1-2-4-19(5-3-1)16-24-20-14-21(25-17-20)8-10-22(11-9-21)15-18-6-12-23-13-7-18;3-2(4,5)1(6)7/h1-5,18,20H,6-17H2;(H,6,7). The molecule has 6 nitrogen and oxygen atoms in total. The molecule has 32 heavy (non-hydrogen) atoms. The lowest BCUT2D eigenvalue weighted by Gasteiger charge is -2.40. The van der Waals surface area contributed by atoms with Crippen LogP contribution in [0.5, 0.6) is 0 Å². The molecular weight excluding hydrogens is 427 g/mol. The van der Waals surface area contributed by atoms with Gasteiger partial charge >= 0.3 is 12.1 Å². The summed E-state index contributed by atoms with van der Waals surface area (Å²) in [4.78, 5) is 11.5. The second kappa shape index (κ2) is 11.4. The van der Waals surface area contributed by atoms with Crippen LogP contribution >= 0.6 is 0 Å². The normalized spacial score (nSPS) is 24.2. The zero-order chi connectivity index (χ0) is 23.0. The van der Waals surface area contributed by atoms with Crippen molar-refractivity contribution in [2.45, 2.75) is 56.6 Å². The van der Waals surface area contributed by atoms with E-state index in [0.717, 1.165) is 45.0 Å². The molecular formula is C23H32F3NO5. The first-order valence-electron chi connectivity index (χ1n) is 11.2. The lowest BCUT2D eigenvalue weighted by Crippen LogP contribution is -2.46. The Morgan fingerprint density at radius 3 is 2.38 bits per heavy atom. The molecule has 9 heteroatoms. The number of benzene rings is 1. The van der Waals surface area contributed by atoms with Gasteiger partial charge in [-0.3, -0.25) is 0 Å². The van der Waals surface area contributed by atoms with Gasteiger partial charge in [-0.25, -0.2) is 4.79 Å². The van der Waals surface area contributed by atoms with E-state index in [2.05, 4.69) is 29.2 Å². The molecule has 1 aromatic carbocycles. The van der Waals surface area contributed by atoms with Gasteiger partial charge in [-0.05, 0) is 37.2 Å². The Hall–Kier alpha value is -1.68. The monoisotopic (exact) mass is 459 g/mol. The molecule has 1 atom stereocenters. The van der Waals surface area contributed by atoms with Crippen molar-refractivity contribution in [3.63, 3.8) is 0 Å². The number of ether oxygens (including phenoxy) is 3. The van der Waals surface area contributed by atoms with Crippen molar-refractivity contribution >= 4 is 5.97 Å². The van der Waals surface area contributed by atoms with Gasteiger partial charge in [0, 0.05) is 39.3 Å². The maximum absolute atomic E-state index is 10.6. The number of hydrogen-bond donors (Lipinski definition) is 1. The summed E-state index contributed by atoms with van der Waals surface area (Å²) in [6.45, 7) is 6.94. The molecule has 3 heterocycles. The fourth-order valence-electron chi connectivity index (χ4n) is 4.48. The van der Waals surface area contributed by atoms with Crippen LogP contribution in [0, 0.1) is 5.92 Å². The van der Waals surface area contributed by atoms with Crippen molar-refractivity contribution in [1.29, 1.82) is 0 Å². The molecule has 3 aliphatic heterocycles. The highest BCUT2D eigenvalue weighted by atomic mass is 19.4. The second-order valence-corrected chi connectivity index (χ2v) is 8.78. The maximum atomic E-state index is 10.6. The lowest BCUT2D eigenvalue weighted by atomic mass is 9.87. The molecule has 180 valence electrons. The molecule has 0 bridgehead atoms. The van der Waals surface area contributed by atoms with Crippen LogP contribution in [0.2, 0.25) is 0 Å². The number of hydrogen-bond acceptors (Lipinski definition) is 5. The van der Waals surface area contributed by atoms with Crippen molar-refractivity contribution in [2.24, 2.45) is 5.92 Å². The Bertz CT molecular complexity index is 701. The maximum Gasteiger partial charge on any atom is 0.490 e. The molecule has 1 spiro atoms. The van der Waals surface area contributed by atoms with Gasteiger partial charge in [0.05, 0.1) is 24.9 Å². The van der Waals surface area contributed by atoms with Gasteiger partial charge < -0.3 is 24.2 Å². The summed E-state index contributed by atoms with van der Waals surface area (Å²) >= 11 is 0.